The van der Waals surface area contributed by atoms with Crippen LogP contribution in [0.3, 0.4) is 0 Å². The maximum atomic E-state index is 12.7. The summed E-state index contributed by atoms with van der Waals surface area (Å²) >= 11 is 5.32. The second-order valence-electron chi connectivity index (χ2n) is 8.01. The highest BCUT2D eigenvalue weighted by molar-refractivity contribution is 7.71. The van der Waals surface area contributed by atoms with Gasteiger partial charge < -0.3 is 15.2 Å². The fourth-order valence-electron chi connectivity index (χ4n) is 3.85. The molecule has 0 radical (unpaired) electrons. The molecule has 4 rings (SSSR count). The number of amides is 1. The number of carbonyl (C=O) groups excluding carboxylic acids is 1. The lowest BCUT2D eigenvalue weighted by atomic mass is 10.1. The molecule has 2 aromatic carbocycles. The average molecular weight is 438 g/mol. The molecular weight excluding hydrogens is 410 g/mol. The number of nitrogens with one attached hydrogen (secondary N) is 2. The summed E-state index contributed by atoms with van der Waals surface area (Å²) < 4.78 is 1.77. The van der Waals surface area contributed by atoms with Crippen LogP contribution in [0.25, 0.3) is 10.9 Å². The molecule has 162 valence electrons. The molecule has 2 heterocycles. The number of hydrogen-bond donors (Lipinski definition) is 2. The maximum Gasteiger partial charge on any atom is 0.262 e. The van der Waals surface area contributed by atoms with Gasteiger partial charge in [0.2, 0.25) is 5.91 Å². The van der Waals surface area contributed by atoms with Crippen LogP contribution in [0.15, 0.2) is 53.3 Å². The van der Waals surface area contributed by atoms with Gasteiger partial charge in [-0.05, 0) is 49.1 Å². The van der Waals surface area contributed by atoms with Gasteiger partial charge in [-0.2, -0.15) is 0 Å². The molecule has 0 spiro atoms. The Morgan fingerprint density at radius 3 is 2.68 bits per heavy atom. The molecule has 1 aromatic heterocycles. The van der Waals surface area contributed by atoms with E-state index in [-0.39, 0.29) is 24.4 Å². The molecular formula is C23H27N5O2S. The third-order valence-corrected chi connectivity index (χ3v) is 5.99. The quantitative estimate of drug-likeness (QED) is 0.580. The second-order valence-corrected chi connectivity index (χ2v) is 8.40. The third-order valence-electron chi connectivity index (χ3n) is 5.66. The topological polar surface area (TPSA) is 73.4 Å². The van der Waals surface area contributed by atoms with Crippen molar-refractivity contribution in [3.05, 3.63) is 69.2 Å². The first-order chi connectivity index (χ1) is 15.0. The first-order valence-corrected chi connectivity index (χ1v) is 10.9. The summed E-state index contributed by atoms with van der Waals surface area (Å²) in [6, 6.07) is 15.2. The number of benzene rings is 2. The first-order valence-electron chi connectivity index (χ1n) is 10.5. The zero-order chi connectivity index (χ0) is 21.8. The van der Waals surface area contributed by atoms with E-state index in [1.165, 1.54) is 10.1 Å². The number of likely N-dealkylation sites (N-methyl/N-ethyl adjacent to an activating group) is 1. The Balaban J connectivity index is 1.38. The van der Waals surface area contributed by atoms with E-state index >= 15 is 0 Å². The highest BCUT2D eigenvalue weighted by Gasteiger charge is 2.14. The zero-order valence-electron chi connectivity index (χ0n) is 17.6. The monoisotopic (exact) mass is 437 g/mol. The summed E-state index contributed by atoms with van der Waals surface area (Å²) in [6.45, 7) is 5.35. The van der Waals surface area contributed by atoms with Gasteiger partial charge in [-0.3, -0.25) is 19.1 Å². The fraction of sp³-hybridized carbons (Fsp3) is 0.348. The number of hydrogen-bond acceptors (Lipinski definition) is 5. The predicted octanol–water partition coefficient (Wildman–Crippen LogP) is 2.84. The van der Waals surface area contributed by atoms with Gasteiger partial charge in [-0.1, -0.05) is 24.3 Å². The van der Waals surface area contributed by atoms with Crippen molar-refractivity contribution < 1.29 is 4.79 Å². The molecule has 0 atom stereocenters. The number of rotatable bonds is 6. The Labute approximate surface area is 186 Å². The number of anilines is 1. The molecule has 3 aromatic rings. The third kappa shape index (κ3) is 5.28. The van der Waals surface area contributed by atoms with Crippen molar-refractivity contribution in [1.82, 2.24) is 19.4 Å². The predicted molar refractivity (Wildman–Crippen MR) is 126 cm³/mol. The van der Waals surface area contributed by atoms with Gasteiger partial charge >= 0.3 is 0 Å². The number of fused-ring (bicyclic) bond motifs is 1. The van der Waals surface area contributed by atoms with Gasteiger partial charge in [0.15, 0.2) is 4.77 Å². The number of aromatic amines is 1. The minimum atomic E-state index is -0.179. The van der Waals surface area contributed by atoms with Crippen LogP contribution in [0.2, 0.25) is 0 Å². The van der Waals surface area contributed by atoms with Gasteiger partial charge in [0, 0.05) is 51.4 Å². The zero-order valence-corrected chi connectivity index (χ0v) is 18.5. The van der Waals surface area contributed by atoms with Crippen LogP contribution in [-0.2, 0) is 17.9 Å². The number of H-pyrrole nitrogens is 1. The summed E-state index contributed by atoms with van der Waals surface area (Å²) in [5.41, 5.74) is 2.47. The lowest BCUT2D eigenvalue weighted by Gasteiger charge is -2.32. The van der Waals surface area contributed by atoms with Crippen LogP contribution in [0.5, 0.6) is 0 Å². The molecule has 2 N–H and O–H groups in total. The number of nitrogens with zero attached hydrogens (tertiary/aromatic N) is 3. The van der Waals surface area contributed by atoms with E-state index in [0.717, 1.165) is 38.4 Å². The number of aromatic nitrogens is 2. The minimum absolute atomic E-state index is 0.147. The van der Waals surface area contributed by atoms with Gasteiger partial charge in [0.05, 0.1) is 10.9 Å². The number of para-hydroxylation sites is 1. The molecule has 0 aliphatic carbocycles. The van der Waals surface area contributed by atoms with Gasteiger partial charge in [-0.25, -0.2) is 0 Å². The molecule has 1 aliphatic rings. The van der Waals surface area contributed by atoms with Gasteiger partial charge in [0.25, 0.3) is 5.56 Å². The number of carbonyl (C=O) groups is 1. The summed E-state index contributed by atoms with van der Waals surface area (Å²) in [7, 11) is 2.15. The molecule has 0 bridgehead atoms. The second kappa shape index (κ2) is 9.55. The Bertz CT molecular complexity index is 1190. The summed E-state index contributed by atoms with van der Waals surface area (Å²) in [5.74, 6) is -0.147. The smallest absolute Gasteiger partial charge is 0.262 e. The molecule has 31 heavy (non-hydrogen) atoms. The van der Waals surface area contributed by atoms with E-state index in [1.807, 2.05) is 36.4 Å². The first kappa shape index (κ1) is 21.4. The van der Waals surface area contributed by atoms with E-state index in [2.05, 4.69) is 33.2 Å². The van der Waals surface area contributed by atoms with Crippen molar-refractivity contribution in [1.29, 1.82) is 0 Å². The Kier molecular flexibility index (Phi) is 6.60. The average Bonchev–Trinajstić information content (AvgIpc) is 2.75. The van der Waals surface area contributed by atoms with E-state index in [1.54, 1.807) is 6.07 Å². The molecule has 7 nitrogen and oxygen atoms in total. The Morgan fingerprint density at radius 1 is 1.10 bits per heavy atom. The fourth-order valence-corrected chi connectivity index (χ4v) is 4.13. The van der Waals surface area contributed by atoms with Crippen molar-refractivity contribution in [2.45, 2.75) is 19.5 Å². The van der Waals surface area contributed by atoms with Crippen LogP contribution in [0.1, 0.15) is 12.0 Å². The Morgan fingerprint density at radius 2 is 1.87 bits per heavy atom. The largest absolute Gasteiger partial charge is 0.332 e. The standard InChI is InChI=1S/C23H27N5O2S/c1-26-11-13-27(14-12-26)16-17-5-4-6-18(15-17)24-21(29)9-10-28-22(30)19-7-2-3-8-20(19)25-23(28)31/h2-8,15H,9-14,16H2,1H3,(H,24,29)(H,25,31). The van der Waals surface area contributed by atoms with E-state index < -0.39 is 0 Å². The molecule has 1 amide bonds. The van der Waals surface area contributed by atoms with Crippen molar-refractivity contribution in [2.75, 3.05) is 38.5 Å². The van der Waals surface area contributed by atoms with E-state index in [9.17, 15) is 9.59 Å². The summed E-state index contributed by atoms with van der Waals surface area (Å²) in [6.07, 6.45) is 0.165. The van der Waals surface area contributed by atoms with E-state index in [4.69, 9.17) is 12.2 Å². The van der Waals surface area contributed by atoms with Gasteiger partial charge in [0.1, 0.15) is 0 Å². The van der Waals surface area contributed by atoms with E-state index in [0.29, 0.717) is 15.7 Å². The molecule has 1 saturated heterocycles. The maximum absolute atomic E-state index is 12.7. The van der Waals surface area contributed by atoms with Crippen LogP contribution < -0.4 is 10.9 Å². The molecule has 1 fully saturated rings. The van der Waals surface area contributed by atoms with Crippen molar-refractivity contribution in [3.8, 4) is 0 Å². The van der Waals surface area contributed by atoms with Crippen LogP contribution in [0.4, 0.5) is 5.69 Å². The Hall–Kier alpha value is -2.81. The van der Waals surface area contributed by atoms with Crippen LogP contribution >= 0.6 is 12.2 Å². The SMILES string of the molecule is CN1CCN(Cc2cccc(NC(=O)CCn3c(=S)[nH]c4ccccc4c3=O)c2)CC1. The highest BCUT2D eigenvalue weighted by Crippen LogP contribution is 2.14. The number of piperazine rings is 1. The van der Waals surface area contributed by atoms with Crippen molar-refractivity contribution >= 4 is 34.7 Å². The van der Waals surface area contributed by atoms with Crippen LogP contribution in [-0.4, -0.2) is 58.5 Å². The normalized spacial score (nSPS) is 15.3. The molecule has 0 unspecified atom stereocenters. The van der Waals surface area contributed by atoms with Crippen LogP contribution in [0, 0.1) is 4.77 Å². The lowest BCUT2D eigenvalue weighted by Crippen LogP contribution is -2.43. The lowest BCUT2D eigenvalue weighted by molar-refractivity contribution is -0.116. The minimum Gasteiger partial charge on any atom is -0.332 e. The molecule has 1 aliphatic heterocycles. The molecule has 8 heteroatoms. The van der Waals surface area contributed by atoms with Crippen molar-refractivity contribution in [3.63, 3.8) is 0 Å². The summed E-state index contributed by atoms with van der Waals surface area (Å²) in [4.78, 5) is 33.1. The van der Waals surface area contributed by atoms with Crippen molar-refractivity contribution in [2.24, 2.45) is 0 Å². The summed E-state index contributed by atoms with van der Waals surface area (Å²) in [5, 5.41) is 3.51. The highest BCUT2D eigenvalue weighted by atomic mass is 32.1. The molecule has 0 saturated carbocycles. The van der Waals surface area contributed by atoms with Gasteiger partial charge in [-0.15, -0.1) is 0 Å².